The first kappa shape index (κ1) is 16.7. The normalized spacial score (nSPS) is 32.0. The molecule has 1 heterocycles. The summed E-state index contributed by atoms with van der Waals surface area (Å²) in [7, 11) is -3.63. The fraction of sp³-hybridized carbons (Fsp3) is 0.923. The van der Waals surface area contributed by atoms with Gasteiger partial charge in [0.2, 0.25) is 0 Å². The number of nitrogens with zero attached hydrogens (tertiary/aromatic N) is 1. The van der Waals surface area contributed by atoms with Crippen LogP contribution in [0.5, 0.6) is 0 Å². The van der Waals surface area contributed by atoms with Gasteiger partial charge in [-0.15, -0.1) is 0 Å². The van der Waals surface area contributed by atoms with Crippen molar-refractivity contribution < 1.29 is 23.4 Å². The SMILES string of the molecule is O=C(O)C1CCCN(S(=O)(=O)NCC2CCCC(O)C2)C1. The van der Waals surface area contributed by atoms with Crippen molar-refractivity contribution in [3.8, 4) is 0 Å². The van der Waals surface area contributed by atoms with Crippen LogP contribution in [0.4, 0.5) is 0 Å². The van der Waals surface area contributed by atoms with Crippen molar-refractivity contribution in [2.75, 3.05) is 19.6 Å². The molecule has 0 spiro atoms. The Bertz CT molecular complexity index is 467. The molecule has 1 saturated carbocycles. The second-order valence-corrected chi connectivity index (χ2v) is 7.83. The van der Waals surface area contributed by atoms with E-state index in [1.807, 2.05) is 0 Å². The van der Waals surface area contributed by atoms with Crippen LogP contribution < -0.4 is 4.72 Å². The van der Waals surface area contributed by atoms with Crippen molar-refractivity contribution in [3.05, 3.63) is 0 Å². The van der Waals surface area contributed by atoms with Crippen LogP contribution in [0.3, 0.4) is 0 Å². The zero-order valence-electron chi connectivity index (χ0n) is 12.1. The van der Waals surface area contributed by atoms with E-state index in [-0.39, 0.29) is 18.6 Å². The van der Waals surface area contributed by atoms with E-state index in [1.165, 1.54) is 4.31 Å². The molecule has 21 heavy (non-hydrogen) atoms. The third kappa shape index (κ3) is 4.64. The molecule has 0 amide bonds. The number of piperidine rings is 1. The van der Waals surface area contributed by atoms with Gasteiger partial charge in [-0.2, -0.15) is 12.7 Å². The Morgan fingerprint density at radius 1 is 1.24 bits per heavy atom. The monoisotopic (exact) mass is 320 g/mol. The van der Waals surface area contributed by atoms with Gasteiger partial charge in [0.05, 0.1) is 12.0 Å². The lowest BCUT2D eigenvalue weighted by molar-refractivity contribution is -0.142. The van der Waals surface area contributed by atoms with Crippen LogP contribution in [0.15, 0.2) is 0 Å². The zero-order valence-corrected chi connectivity index (χ0v) is 12.9. The Labute approximate surface area is 125 Å². The van der Waals surface area contributed by atoms with E-state index in [0.717, 1.165) is 19.3 Å². The molecule has 2 aliphatic rings. The van der Waals surface area contributed by atoms with E-state index in [0.29, 0.717) is 32.4 Å². The molecule has 3 N–H and O–H groups in total. The van der Waals surface area contributed by atoms with E-state index in [1.54, 1.807) is 0 Å². The van der Waals surface area contributed by atoms with Crippen molar-refractivity contribution in [2.45, 2.75) is 44.6 Å². The zero-order chi connectivity index (χ0) is 15.5. The summed E-state index contributed by atoms with van der Waals surface area (Å²) in [5, 5.41) is 18.6. The van der Waals surface area contributed by atoms with Gasteiger partial charge in [-0.1, -0.05) is 6.42 Å². The van der Waals surface area contributed by atoms with Crippen molar-refractivity contribution in [1.82, 2.24) is 9.03 Å². The first-order chi connectivity index (χ1) is 9.88. The van der Waals surface area contributed by atoms with Gasteiger partial charge in [-0.3, -0.25) is 4.79 Å². The van der Waals surface area contributed by atoms with E-state index in [2.05, 4.69) is 4.72 Å². The van der Waals surface area contributed by atoms with Crippen molar-refractivity contribution >= 4 is 16.2 Å². The average Bonchev–Trinajstić information content (AvgIpc) is 2.45. The van der Waals surface area contributed by atoms with Crippen molar-refractivity contribution in [1.29, 1.82) is 0 Å². The van der Waals surface area contributed by atoms with Crippen LogP contribution in [-0.4, -0.2) is 54.6 Å². The van der Waals surface area contributed by atoms with Crippen molar-refractivity contribution in [2.24, 2.45) is 11.8 Å². The van der Waals surface area contributed by atoms with Crippen molar-refractivity contribution in [3.63, 3.8) is 0 Å². The lowest BCUT2D eigenvalue weighted by atomic mass is 9.87. The lowest BCUT2D eigenvalue weighted by Gasteiger charge is -2.31. The summed E-state index contributed by atoms with van der Waals surface area (Å²) in [5.74, 6) is -1.40. The molecule has 2 rings (SSSR count). The molecule has 1 saturated heterocycles. The summed E-state index contributed by atoms with van der Waals surface area (Å²) < 4.78 is 28.3. The Balaban J connectivity index is 1.87. The number of aliphatic hydroxyl groups excluding tert-OH is 1. The molecule has 7 nitrogen and oxygen atoms in total. The summed E-state index contributed by atoms with van der Waals surface area (Å²) in [5.41, 5.74) is 0. The highest BCUT2D eigenvalue weighted by molar-refractivity contribution is 7.87. The van der Waals surface area contributed by atoms with Gasteiger partial charge >= 0.3 is 5.97 Å². The maximum Gasteiger partial charge on any atom is 0.307 e. The predicted molar refractivity (Wildman–Crippen MR) is 76.8 cm³/mol. The quantitative estimate of drug-likeness (QED) is 0.669. The fourth-order valence-electron chi connectivity index (χ4n) is 3.12. The van der Waals surface area contributed by atoms with Gasteiger partial charge in [0, 0.05) is 19.6 Å². The number of aliphatic hydroxyl groups is 1. The molecule has 3 unspecified atom stereocenters. The van der Waals surface area contributed by atoms with E-state index in [9.17, 15) is 18.3 Å². The Kier molecular flexibility index (Phi) is 5.59. The molecule has 1 aliphatic carbocycles. The van der Waals surface area contributed by atoms with Gasteiger partial charge in [-0.25, -0.2) is 4.72 Å². The van der Waals surface area contributed by atoms with E-state index < -0.39 is 22.1 Å². The van der Waals surface area contributed by atoms with Gasteiger partial charge in [0.15, 0.2) is 0 Å². The first-order valence-corrected chi connectivity index (χ1v) is 8.98. The minimum absolute atomic E-state index is 0.0396. The molecule has 0 aromatic carbocycles. The molecule has 1 aliphatic heterocycles. The highest BCUT2D eigenvalue weighted by Gasteiger charge is 2.32. The second kappa shape index (κ2) is 7.04. The first-order valence-electron chi connectivity index (χ1n) is 7.54. The summed E-state index contributed by atoms with van der Waals surface area (Å²) in [6, 6.07) is 0. The largest absolute Gasteiger partial charge is 0.481 e. The molecule has 0 aromatic rings. The summed E-state index contributed by atoms with van der Waals surface area (Å²) in [6.45, 7) is 0.720. The van der Waals surface area contributed by atoms with Gasteiger partial charge in [-0.05, 0) is 38.0 Å². The Hall–Kier alpha value is -0.700. The third-order valence-electron chi connectivity index (χ3n) is 4.38. The average molecular weight is 320 g/mol. The number of hydrogen-bond acceptors (Lipinski definition) is 4. The molecular formula is C13H24N2O5S. The van der Waals surface area contributed by atoms with Crippen LogP contribution in [0.1, 0.15) is 38.5 Å². The molecule has 3 atom stereocenters. The van der Waals surface area contributed by atoms with Crippen LogP contribution in [0, 0.1) is 11.8 Å². The molecular weight excluding hydrogens is 296 g/mol. The highest BCUT2D eigenvalue weighted by atomic mass is 32.2. The Morgan fingerprint density at radius 2 is 2.00 bits per heavy atom. The second-order valence-electron chi connectivity index (χ2n) is 6.08. The number of rotatable bonds is 5. The summed E-state index contributed by atoms with van der Waals surface area (Å²) in [6.07, 6.45) is 4.00. The maximum absolute atomic E-state index is 12.2. The minimum atomic E-state index is -3.63. The van der Waals surface area contributed by atoms with Gasteiger partial charge in [0.1, 0.15) is 0 Å². The van der Waals surface area contributed by atoms with Crippen LogP contribution in [-0.2, 0) is 15.0 Å². The summed E-state index contributed by atoms with van der Waals surface area (Å²) >= 11 is 0. The fourth-order valence-corrected chi connectivity index (χ4v) is 4.50. The van der Waals surface area contributed by atoms with Gasteiger partial charge in [0.25, 0.3) is 10.2 Å². The minimum Gasteiger partial charge on any atom is -0.481 e. The molecule has 122 valence electrons. The molecule has 0 radical (unpaired) electrons. The number of nitrogens with one attached hydrogen (secondary N) is 1. The number of hydrogen-bond donors (Lipinski definition) is 3. The third-order valence-corrected chi connectivity index (χ3v) is 5.93. The number of carbonyl (C=O) groups is 1. The predicted octanol–water partition coefficient (Wildman–Crippen LogP) is 0.169. The number of aliphatic carboxylic acids is 1. The summed E-state index contributed by atoms with van der Waals surface area (Å²) in [4.78, 5) is 11.0. The molecule has 0 bridgehead atoms. The molecule has 0 aromatic heterocycles. The lowest BCUT2D eigenvalue weighted by Crippen LogP contribution is -2.48. The standard InChI is InChI=1S/C13H24N2O5S/c16-12-5-1-3-10(7-12)8-14-21(19,20)15-6-2-4-11(9-15)13(17)18/h10-12,14,16H,1-9H2,(H,17,18). The highest BCUT2D eigenvalue weighted by Crippen LogP contribution is 2.24. The van der Waals surface area contributed by atoms with E-state index in [4.69, 9.17) is 5.11 Å². The van der Waals surface area contributed by atoms with E-state index >= 15 is 0 Å². The smallest absolute Gasteiger partial charge is 0.307 e. The van der Waals surface area contributed by atoms with Gasteiger partial charge < -0.3 is 10.2 Å². The Morgan fingerprint density at radius 3 is 2.67 bits per heavy atom. The van der Waals surface area contributed by atoms with Crippen LogP contribution >= 0.6 is 0 Å². The maximum atomic E-state index is 12.2. The molecule has 8 heteroatoms. The topological polar surface area (TPSA) is 107 Å². The van der Waals surface area contributed by atoms with Crippen LogP contribution in [0.25, 0.3) is 0 Å². The number of carboxylic acids is 1. The molecule has 2 fully saturated rings. The number of carboxylic acid groups (broad SMARTS) is 1. The van der Waals surface area contributed by atoms with Crippen LogP contribution in [0.2, 0.25) is 0 Å².